The zero-order chi connectivity index (χ0) is 6.97. The summed E-state index contributed by atoms with van der Waals surface area (Å²) in [5.41, 5.74) is 6.78. The van der Waals surface area contributed by atoms with E-state index in [0.717, 1.165) is 0 Å². The molecule has 0 saturated carbocycles. The molecule has 0 bridgehead atoms. The number of H-pyrrole nitrogens is 1. The van der Waals surface area contributed by atoms with Crippen molar-refractivity contribution in [3.05, 3.63) is 12.7 Å². The van der Waals surface area contributed by atoms with E-state index in [1.54, 1.807) is 0 Å². The van der Waals surface area contributed by atoms with Gasteiger partial charge in [-0.25, -0.2) is 15.0 Å². The van der Waals surface area contributed by atoms with Crippen LogP contribution in [0.25, 0.3) is 11.2 Å². The van der Waals surface area contributed by atoms with Crippen LogP contribution in [-0.4, -0.2) is 19.9 Å². The number of nitrogens with one attached hydrogen (secondary N) is 1. The van der Waals surface area contributed by atoms with E-state index < -0.39 is 0 Å². The number of nitrogens with two attached hydrogens (primary N) is 1. The second-order valence-electron chi connectivity index (χ2n) is 1.86. The minimum atomic E-state index is 0. The average molecular weight is 183 g/mol. The second kappa shape index (κ2) is 5.16. The Morgan fingerprint density at radius 2 is 2.00 bits per heavy atom. The van der Waals surface area contributed by atoms with Crippen molar-refractivity contribution in [1.82, 2.24) is 19.9 Å². The van der Waals surface area contributed by atoms with Crippen LogP contribution >= 0.6 is 0 Å². The summed E-state index contributed by atoms with van der Waals surface area (Å²) in [7, 11) is 0. The maximum absolute atomic E-state index is 5.48. The van der Waals surface area contributed by atoms with E-state index in [-0.39, 0.29) is 62.0 Å². The van der Waals surface area contributed by atoms with Crippen LogP contribution in [0, 0.1) is 0 Å². The first kappa shape index (κ1) is 12.3. The molecule has 0 aromatic carbocycles. The van der Waals surface area contributed by atoms with Gasteiger partial charge in [0.25, 0.3) is 0 Å². The van der Waals surface area contributed by atoms with Crippen molar-refractivity contribution < 1.29 is 62.0 Å². The Morgan fingerprint density at radius 3 is 2.67 bits per heavy atom. The summed E-state index contributed by atoms with van der Waals surface area (Å²) in [6.45, 7) is 0. The Hall–Kier alpha value is 0.350. The number of hydrogen-bond acceptors (Lipinski definition) is 4. The molecule has 5 nitrogen and oxygen atoms in total. The van der Waals surface area contributed by atoms with Gasteiger partial charge < -0.3 is 13.6 Å². The average Bonchev–Trinajstić information content (AvgIpc) is 2.36. The van der Waals surface area contributed by atoms with Gasteiger partial charge in [-0.3, -0.25) is 0 Å². The smallest absolute Gasteiger partial charge is 1.00 e. The molecule has 0 aliphatic rings. The maximum atomic E-state index is 5.48. The van der Waals surface area contributed by atoms with Gasteiger partial charge in [0.05, 0.1) is 6.33 Å². The molecule has 54 valence electrons. The van der Waals surface area contributed by atoms with Gasteiger partial charge in [0.1, 0.15) is 11.8 Å². The van der Waals surface area contributed by atoms with E-state index in [2.05, 4.69) is 19.9 Å². The topological polar surface area (TPSA) is 80.5 Å². The van der Waals surface area contributed by atoms with Gasteiger partial charge in [0, 0.05) is 0 Å². The molecule has 0 saturated heterocycles. The van der Waals surface area contributed by atoms with Crippen molar-refractivity contribution in [1.29, 1.82) is 0 Å². The third-order valence-electron chi connectivity index (χ3n) is 1.25. The summed E-state index contributed by atoms with van der Waals surface area (Å²) in [5.74, 6) is 0.433. The molecule has 0 fully saturated rings. The molecule has 0 atom stereocenters. The Bertz CT molecular complexity index is 368. The van der Waals surface area contributed by atoms with E-state index >= 15 is 0 Å². The number of rotatable bonds is 0. The first-order valence-electron chi connectivity index (χ1n) is 2.77. The number of imidazole rings is 1. The number of nitrogen functional groups attached to an aromatic ring is 1. The first-order chi connectivity index (χ1) is 4.88. The van der Waals surface area contributed by atoms with Crippen LogP contribution in [0.1, 0.15) is 2.85 Å². The summed E-state index contributed by atoms with van der Waals surface area (Å²) < 4.78 is 0. The fourth-order valence-electron chi connectivity index (χ4n) is 0.784. The quantitative estimate of drug-likeness (QED) is 0.399. The largest absolute Gasteiger partial charge is 1.00 e. The predicted octanol–water partition coefficient (Wildman–Crippen LogP) is -5.83. The Kier molecular flexibility index (Phi) is 5.31. The standard InChI is InChI=1S/C5H5N5.2Na.2H/c6-4-3-5(9-1-7-3)10-2-8-4;;;;/h1-2H,(H3,6,7,8,9,10);;;;/q;2*+1;2*-1. The van der Waals surface area contributed by atoms with Crippen molar-refractivity contribution in [3.8, 4) is 0 Å². The van der Waals surface area contributed by atoms with E-state index in [1.807, 2.05) is 0 Å². The fourth-order valence-corrected chi connectivity index (χ4v) is 0.784. The number of anilines is 1. The molecule has 0 amide bonds. The van der Waals surface area contributed by atoms with Gasteiger partial charge in [0.2, 0.25) is 0 Å². The zero-order valence-electron chi connectivity index (χ0n) is 9.07. The van der Waals surface area contributed by atoms with Crippen LogP contribution in [0.2, 0.25) is 0 Å². The monoisotopic (exact) mass is 183 g/mol. The summed E-state index contributed by atoms with van der Waals surface area (Å²) in [4.78, 5) is 14.4. The molecule has 0 spiro atoms. The van der Waals surface area contributed by atoms with Crippen LogP contribution < -0.4 is 64.8 Å². The molecule has 2 aromatic heterocycles. The molecule has 0 unspecified atom stereocenters. The Balaban J connectivity index is -0.000000302. The first-order valence-corrected chi connectivity index (χ1v) is 2.77. The molecular formula is C5H7N5Na2. The number of aromatic nitrogens is 4. The van der Waals surface area contributed by atoms with Gasteiger partial charge >= 0.3 is 59.1 Å². The Morgan fingerprint density at radius 1 is 1.25 bits per heavy atom. The molecule has 3 N–H and O–H groups in total. The van der Waals surface area contributed by atoms with Crippen molar-refractivity contribution in [2.45, 2.75) is 0 Å². The molecule has 0 aliphatic heterocycles. The van der Waals surface area contributed by atoms with Crippen LogP contribution in [-0.2, 0) is 0 Å². The van der Waals surface area contributed by atoms with E-state index in [4.69, 9.17) is 5.73 Å². The fraction of sp³-hybridized carbons (Fsp3) is 0. The summed E-state index contributed by atoms with van der Waals surface area (Å²) in [6.07, 6.45) is 2.92. The van der Waals surface area contributed by atoms with Gasteiger partial charge in [-0.05, 0) is 0 Å². The van der Waals surface area contributed by atoms with E-state index in [0.29, 0.717) is 17.0 Å². The maximum Gasteiger partial charge on any atom is 1.00 e. The molecule has 7 heteroatoms. The molecule has 0 aliphatic carbocycles. The molecule has 12 heavy (non-hydrogen) atoms. The van der Waals surface area contributed by atoms with Crippen LogP contribution in [0.4, 0.5) is 5.82 Å². The Labute approximate surface area is 116 Å². The molecule has 2 rings (SSSR count). The molecule has 2 heterocycles. The van der Waals surface area contributed by atoms with Crippen molar-refractivity contribution in [2.75, 3.05) is 5.73 Å². The van der Waals surface area contributed by atoms with E-state index in [1.165, 1.54) is 12.7 Å². The zero-order valence-corrected chi connectivity index (χ0v) is 11.1. The van der Waals surface area contributed by atoms with Crippen LogP contribution in [0.15, 0.2) is 12.7 Å². The molecule has 0 radical (unpaired) electrons. The number of fused-ring (bicyclic) bond motifs is 1. The minimum absolute atomic E-state index is 0. The van der Waals surface area contributed by atoms with Gasteiger partial charge in [0.15, 0.2) is 11.5 Å². The van der Waals surface area contributed by atoms with Crippen LogP contribution in [0.3, 0.4) is 0 Å². The number of aromatic amines is 1. The molecule has 2 aromatic rings. The van der Waals surface area contributed by atoms with Crippen molar-refractivity contribution in [2.24, 2.45) is 0 Å². The summed E-state index contributed by atoms with van der Waals surface area (Å²) in [5, 5.41) is 0. The summed E-state index contributed by atoms with van der Waals surface area (Å²) in [6, 6.07) is 0. The number of hydrogen-bond donors (Lipinski definition) is 2. The minimum Gasteiger partial charge on any atom is -1.00 e. The van der Waals surface area contributed by atoms with Gasteiger partial charge in [-0.15, -0.1) is 0 Å². The predicted molar refractivity (Wildman–Crippen MR) is 38.3 cm³/mol. The van der Waals surface area contributed by atoms with E-state index in [9.17, 15) is 0 Å². The van der Waals surface area contributed by atoms with Crippen LogP contribution in [0.5, 0.6) is 0 Å². The third kappa shape index (κ3) is 2.18. The number of nitrogens with zero attached hydrogens (tertiary/aromatic N) is 3. The van der Waals surface area contributed by atoms with Crippen molar-refractivity contribution in [3.63, 3.8) is 0 Å². The summed E-state index contributed by atoms with van der Waals surface area (Å²) >= 11 is 0. The SMILES string of the molecule is Nc1ncnc2nc[nH]c12.[H-].[H-].[Na+].[Na+]. The third-order valence-corrected chi connectivity index (χ3v) is 1.25. The van der Waals surface area contributed by atoms with Gasteiger partial charge in [-0.2, -0.15) is 0 Å². The molecular weight excluding hydrogens is 176 g/mol. The van der Waals surface area contributed by atoms with Gasteiger partial charge in [-0.1, -0.05) is 0 Å². The second-order valence-corrected chi connectivity index (χ2v) is 1.86. The normalized spacial score (nSPS) is 8.67. The van der Waals surface area contributed by atoms with Crippen molar-refractivity contribution >= 4 is 17.0 Å².